The molecule has 2 heterocycles. The molecule has 0 bridgehead atoms. The number of hydrogen-bond donors (Lipinski definition) is 2. The Hall–Kier alpha value is -2.09. The van der Waals surface area contributed by atoms with Crippen LogP contribution in [0.15, 0.2) is 21.8 Å². The highest BCUT2D eigenvalue weighted by Crippen LogP contribution is 2.07. The van der Waals surface area contributed by atoms with Gasteiger partial charge in [0.05, 0.1) is 5.69 Å². The molecule has 140 valence electrons. The summed E-state index contributed by atoms with van der Waals surface area (Å²) in [5, 5.41) is 10.2. The molecule has 1 aliphatic rings. The lowest BCUT2D eigenvalue weighted by Gasteiger charge is -2.36. The van der Waals surface area contributed by atoms with Crippen molar-refractivity contribution < 1.29 is 9.32 Å². The molecule has 2 N–H and O–H groups in total. The van der Waals surface area contributed by atoms with Crippen molar-refractivity contribution in [2.45, 2.75) is 39.8 Å². The second kappa shape index (κ2) is 8.84. The van der Waals surface area contributed by atoms with Gasteiger partial charge in [-0.25, -0.2) is 4.99 Å². The maximum atomic E-state index is 12.0. The van der Waals surface area contributed by atoms with Crippen LogP contribution in [-0.4, -0.2) is 71.6 Å². The molecule has 1 fully saturated rings. The summed E-state index contributed by atoms with van der Waals surface area (Å²) < 4.78 is 4.88. The summed E-state index contributed by atoms with van der Waals surface area (Å²) >= 11 is 0. The van der Waals surface area contributed by atoms with Gasteiger partial charge in [0.1, 0.15) is 12.8 Å². The monoisotopic (exact) mass is 350 g/mol. The number of hydrogen-bond acceptors (Lipinski definition) is 5. The van der Waals surface area contributed by atoms with Gasteiger partial charge in [-0.1, -0.05) is 5.16 Å². The van der Waals surface area contributed by atoms with Gasteiger partial charge in [0.15, 0.2) is 5.96 Å². The summed E-state index contributed by atoms with van der Waals surface area (Å²) in [7, 11) is 0. The van der Waals surface area contributed by atoms with Gasteiger partial charge in [-0.2, -0.15) is 0 Å². The molecule has 1 saturated heterocycles. The van der Waals surface area contributed by atoms with E-state index in [0.717, 1.165) is 50.9 Å². The molecule has 0 unspecified atom stereocenters. The first-order chi connectivity index (χ1) is 11.9. The average Bonchev–Trinajstić information content (AvgIpc) is 3.03. The summed E-state index contributed by atoms with van der Waals surface area (Å²) in [6, 6.07) is 1.89. The molecule has 0 spiro atoms. The second-order valence-corrected chi connectivity index (χ2v) is 7.22. The Morgan fingerprint density at radius 3 is 2.60 bits per heavy atom. The zero-order valence-electron chi connectivity index (χ0n) is 15.7. The maximum Gasteiger partial charge on any atom is 0.242 e. The lowest BCUT2D eigenvalue weighted by Crippen LogP contribution is -2.52. The number of aromatic nitrogens is 1. The van der Waals surface area contributed by atoms with Crippen LogP contribution in [0, 0.1) is 0 Å². The predicted molar refractivity (Wildman–Crippen MR) is 97.2 cm³/mol. The van der Waals surface area contributed by atoms with Crippen LogP contribution in [0.5, 0.6) is 0 Å². The molecule has 8 nitrogen and oxygen atoms in total. The SMILES string of the molecule is CCNC(=NCC(=O)NC(C)(C)C)N1CCN(Cc2ccon2)CC1. The lowest BCUT2D eigenvalue weighted by atomic mass is 10.1. The lowest BCUT2D eigenvalue weighted by molar-refractivity contribution is -0.121. The number of amides is 1. The molecule has 1 aromatic rings. The van der Waals surface area contributed by atoms with Gasteiger partial charge >= 0.3 is 0 Å². The first-order valence-corrected chi connectivity index (χ1v) is 8.83. The van der Waals surface area contributed by atoms with Crippen LogP contribution in [0.25, 0.3) is 0 Å². The van der Waals surface area contributed by atoms with Crippen LogP contribution in [0.4, 0.5) is 0 Å². The molecular weight excluding hydrogens is 320 g/mol. The molecule has 1 aromatic heterocycles. The topological polar surface area (TPSA) is 86.0 Å². The van der Waals surface area contributed by atoms with Gasteiger partial charge in [0.25, 0.3) is 0 Å². The van der Waals surface area contributed by atoms with Crippen molar-refractivity contribution in [1.29, 1.82) is 0 Å². The minimum Gasteiger partial charge on any atom is -0.364 e. The van der Waals surface area contributed by atoms with Gasteiger partial charge in [-0.3, -0.25) is 9.69 Å². The molecule has 2 rings (SSSR count). The van der Waals surface area contributed by atoms with Crippen LogP contribution < -0.4 is 10.6 Å². The number of nitrogens with zero attached hydrogens (tertiary/aromatic N) is 4. The molecule has 0 saturated carbocycles. The molecule has 25 heavy (non-hydrogen) atoms. The number of carbonyl (C=O) groups excluding carboxylic acids is 1. The van der Waals surface area contributed by atoms with Gasteiger partial charge in [-0.15, -0.1) is 0 Å². The first-order valence-electron chi connectivity index (χ1n) is 8.83. The Kier molecular flexibility index (Phi) is 6.81. The van der Waals surface area contributed by atoms with E-state index in [4.69, 9.17) is 4.52 Å². The van der Waals surface area contributed by atoms with E-state index in [1.807, 2.05) is 33.8 Å². The number of piperazine rings is 1. The van der Waals surface area contributed by atoms with Crippen LogP contribution >= 0.6 is 0 Å². The van der Waals surface area contributed by atoms with Crippen molar-refractivity contribution in [1.82, 2.24) is 25.6 Å². The Labute approximate surface area is 149 Å². The normalized spacial score (nSPS) is 16.8. The van der Waals surface area contributed by atoms with E-state index in [-0.39, 0.29) is 18.0 Å². The number of guanidine groups is 1. The van der Waals surface area contributed by atoms with E-state index in [2.05, 4.69) is 30.6 Å². The van der Waals surface area contributed by atoms with Crippen LogP contribution in [-0.2, 0) is 11.3 Å². The van der Waals surface area contributed by atoms with Gasteiger partial charge in [0.2, 0.25) is 5.91 Å². The van der Waals surface area contributed by atoms with Crippen molar-refractivity contribution in [3.8, 4) is 0 Å². The number of rotatable bonds is 5. The van der Waals surface area contributed by atoms with Gasteiger partial charge in [-0.05, 0) is 27.7 Å². The van der Waals surface area contributed by atoms with Gasteiger partial charge in [0, 0.05) is 50.9 Å². The fourth-order valence-electron chi connectivity index (χ4n) is 2.70. The Bertz CT molecular complexity index is 556. The molecule has 0 aromatic carbocycles. The fourth-order valence-corrected chi connectivity index (χ4v) is 2.70. The smallest absolute Gasteiger partial charge is 0.242 e. The largest absolute Gasteiger partial charge is 0.364 e. The van der Waals surface area contributed by atoms with Crippen LogP contribution in [0.3, 0.4) is 0 Å². The van der Waals surface area contributed by atoms with E-state index in [1.165, 1.54) is 0 Å². The third-order valence-corrected chi connectivity index (χ3v) is 3.77. The molecular formula is C17H30N6O2. The van der Waals surface area contributed by atoms with E-state index >= 15 is 0 Å². The highest BCUT2D eigenvalue weighted by Gasteiger charge is 2.21. The summed E-state index contributed by atoms with van der Waals surface area (Å²) in [6.07, 6.45) is 1.60. The Balaban J connectivity index is 1.85. The first kappa shape index (κ1) is 19.2. The fraction of sp³-hybridized carbons (Fsp3) is 0.706. The van der Waals surface area contributed by atoms with Crippen molar-refractivity contribution in [2.24, 2.45) is 4.99 Å². The molecule has 1 amide bonds. The van der Waals surface area contributed by atoms with Crippen molar-refractivity contribution in [2.75, 3.05) is 39.3 Å². The average molecular weight is 350 g/mol. The molecule has 8 heteroatoms. The van der Waals surface area contributed by atoms with E-state index in [1.54, 1.807) is 6.26 Å². The molecule has 0 atom stereocenters. The predicted octanol–water partition coefficient (Wildman–Crippen LogP) is 0.672. The summed E-state index contributed by atoms with van der Waals surface area (Å²) in [5.74, 6) is 0.736. The Morgan fingerprint density at radius 1 is 1.32 bits per heavy atom. The third kappa shape index (κ3) is 6.74. The molecule has 0 radical (unpaired) electrons. The number of aliphatic imine (C=N–C) groups is 1. The highest BCUT2D eigenvalue weighted by molar-refractivity contribution is 5.85. The highest BCUT2D eigenvalue weighted by atomic mass is 16.5. The Morgan fingerprint density at radius 2 is 2.04 bits per heavy atom. The zero-order chi connectivity index (χ0) is 18.3. The van der Waals surface area contributed by atoms with E-state index < -0.39 is 0 Å². The van der Waals surface area contributed by atoms with E-state index in [0.29, 0.717) is 0 Å². The maximum absolute atomic E-state index is 12.0. The van der Waals surface area contributed by atoms with Gasteiger partial charge < -0.3 is 20.1 Å². The second-order valence-electron chi connectivity index (χ2n) is 7.22. The summed E-state index contributed by atoms with van der Waals surface area (Å²) in [5.41, 5.74) is 0.713. The molecule has 1 aliphatic heterocycles. The van der Waals surface area contributed by atoms with E-state index in [9.17, 15) is 4.79 Å². The minimum absolute atomic E-state index is 0.0624. The van der Waals surface area contributed by atoms with Crippen molar-refractivity contribution in [3.05, 3.63) is 18.0 Å². The number of carbonyl (C=O) groups is 1. The standard InChI is InChI=1S/C17H30N6O2/c1-5-18-16(19-12-15(24)20-17(2,3)4)23-9-7-22(8-10-23)13-14-6-11-25-21-14/h6,11H,5,7-10,12-13H2,1-4H3,(H,18,19)(H,20,24). The summed E-state index contributed by atoms with van der Waals surface area (Å²) in [6.45, 7) is 13.2. The zero-order valence-corrected chi connectivity index (χ0v) is 15.7. The summed E-state index contributed by atoms with van der Waals surface area (Å²) in [4.78, 5) is 21.0. The molecule has 0 aliphatic carbocycles. The third-order valence-electron chi connectivity index (χ3n) is 3.77. The minimum atomic E-state index is -0.238. The number of nitrogens with one attached hydrogen (secondary N) is 2. The van der Waals surface area contributed by atoms with Crippen molar-refractivity contribution in [3.63, 3.8) is 0 Å². The quantitative estimate of drug-likeness (QED) is 0.600. The van der Waals surface area contributed by atoms with Crippen molar-refractivity contribution >= 4 is 11.9 Å². The van der Waals surface area contributed by atoms with Crippen LogP contribution in [0.1, 0.15) is 33.4 Å². The van der Waals surface area contributed by atoms with Crippen LogP contribution in [0.2, 0.25) is 0 Å².